The lowest BCUT2D eigenvalue weighted by atomic mass is 10.1. The van der Waals surface area contributed by atoms with Gasteiger partial charge in [-0.3, -0.25) is 9.59 Å². The van der Waals surface area contributed by atoms with Gasteiger partial charge in [0.2, 0.25) is 5.91 Å². The molecular formula is C27H29N3O3. The van der Waals surface area contributed by atoms with Gasteiger partial charge in [-0.1, -0.05) is 43.0 Å². The first kappa shape index (κ1) is 23.6. The van der Waals surface area contributed by atoms with E-state index in [9.17, 15) is 9.59 Å². The monoisotopic (exact) mass is 443 g/mol. The normalized spacial score (nSPS) is 11.2. The van der Waals surface area contributed by atoms with Crippen molar-refractivity contribution < 1.29 is 14.3 Å². The third kappa shape index (κ3) is 7.54. The third-order valence-electron chi connectivity index (χ3n) is 4.85. The maximum atomic E-state index is 12.6. The van der Waals surface area contributed by atoms with Gasteiger partial charge in [-0.05, 0) is 67.4 Å². The molecule has 3 N–H and O–H groups in total. The van der Waals surface area contributed by atoms with Crippen molar-refractivity contribution in [1.82, 2.24) is 5.32 Å². The summed E-state index contributed by atoms with van der Waals surface area (Å²) in [5.41, 5.74) is 3.81. The van der Waals surface area contributed by atoms with Crippen molar-refractivity contribution in [2.24, 2.45) is 0 Å². The molecule has 0 saturated heterocycles. The van der Waals surface area contributed by atoms with E-state index in [-0.39, 0.29) is 24.4 Å². The van der Waals surface area contributed by atoms with Crippen LogP contribution in [0.1, 0.15) is 35.8 Å². The van der Waals surface area contributed by atoms with Gasteiger partial charge in [0.05, 0.1) is 12.6 Å². The number of carbonyl (C=O) groups is 2. The first-order chi connectivity index (χ1) is 15.9. The maximum Gasteiger partial charge on any atom is 0.251 e. The molecule has 0 saturated carbocycles. The molecule has 170 valence electrons. The van der Waals surface area contributed by atoms with Crippen molar-refractivity contribution in [3.8, 4) is 5.75 Å². The molecule has 0 bridgehead atoms. The fraction of sp³-hybridized carbons (Fsp3) is 0.185. The molecule has 3 aromatic rings. The number of amides is 2. The van der Waals surface area contributed by atoms with Crippen molar-refractivity contribution >= 4 is 23.2 Å². The molecule has 3 rings (SSSR count). The molecule has 1 atom stereocenters. The van der Waals surface area contributed by atoms with Crippen LogP contribution in [0.25, 0.3) is 0 Å². The summed E-state index contributed by atoms with van der Waals surface area (Å²) in [4.78, 5) is 25.0. The number of anilines is 2. The van der Waals surface area contributed by atoms with E-state index in [4.69, 9.17) is 4.74 Å². The first-order valence-electron chi connectivity index (χ1n) is 10.8. The summed E-state index contributed by atoms with van der Waals surface area (Å²) in [5, 5.41) is 8.87. The highest BCUT2D eigenvalue weighted by Gasteiger charge is 2.12. The highest BCUT2D eigenvalue weighted by atomic mass is 16.5. The number of rotatable bonds is 10. The number of nitrogens with one attached hydrogen (secondary N) is 3. The summed E-state index contributed by atoms with van der Waals surface area (Å²) in [6.45, 7) is 8.21. The van der Waals surface area contributed by atoms with Gasteiger partial charge < -0.3 is 20.7 Å². The molecule has 33 heavy (non-hydrogen) atoms. The van der Waals surface area contributed by atoms with Crippen LogP contribution in [0.5, 0.6) is 5.75 Å². The Balaban J connectivity index is 1.50. The van der Waals surface area contributed by atoms with Gasteiger partial charge in [0.15, 0.2) is 0 Å². The van der Waals surface area contributed by atoms with Gasteiger partial charge in [0.1, 0.15) is 12.4 Å². The summed E-state index contributed by atoms with van der Waals surface area (Å²) >= 11 is 0. The lowest BCUT2D eigenvalue weighted by molar-refractivity contribution is -0.114. The van der Waals surface area contributed by atoms with Crippen LogP contribution in [-0.2, 0) is 4.79 Å². The Morgan fingerprint density at radius 2 is 1.67 bits per heavy atom. The zero-order valence-corrected chi connectivity index (χ0v) is 18.9. The second-order valence-electron chi connectivity index (χ2n) is 7.86. The smallest absolute Gasteiger partial charge is 0.251 e. The summed E-state index contributed by atoms with van der Waals surface area (Å²) < 4.78 is 5.57. The van der Waals surface area contributed by atoms with Crippen LogP contribution in [0.3, 0.4) is 0 Å². The van der Waals surface area contributed by atoms with E-state index in [1.165, 1.54) is 0 Å². The average molecular weight is 444 g/mol. The van der Waals surface area contributed by atoms with E-state index in [0.29, 0.717) is 17.9 Å². The Labute approximate surface area is 194 Å². The highest BCUT2D eigenvalue weighted by Crippen LogP contribution is 2.17. The minimum atomic E-state index is -0.215. The van der Waals surface area contributed by atoms with Crippen LogP contribution in [-0.4, -0.2) is 25.0 Å². The fourth-order valence-electron chi connectivity index (χ4n) is 3.11. The highest BCUT2D eigenvalue weighted by molar-refractivity contribution is 5.98. The van der Waals surface area contributed by atoms with E-state index >= 15 is 0 Å². The van der Waals surface area contributed by atoms with Crippen LogP contribution >= 0.6 is 0 Å². The van der Waals surface area contributed by atoms with Gasteiger partial charge in [-0.15, -0.1) is 0 Å². The molecule has 0 fully saturated rings. The minimum absolute atomic E-state index is 0.0907. The molecule has 0 aliphatic heterocycles. The number of hydrogen-bond acceptors (Lipinski definition) is 4. The molecule has 0 aliphatic carbocycles. The van der Waals surface area contributed by atoms with Crippen LogP contribution in [0.15, 0.2) is 91.0 Å². The van der Waals surface area contributed by atoms with Crippen molar-refractivity contribution in [3.63, 3.8) is 0 Å². The minimum Gasteiger partial charge on any atom is -0.489 e. The molecule has 1 unspecified atom stereocenters. The van der Waals surface area contributed by atoms with E-state index in [1.54, 1.807) is 24.3 Å². The Morgan fingerprint density at radius 3 is 2.36 bits per heavy atom. The lowest BCUT2D eigenvalue weighted by Crippen LogP contribution is -2.27. The largest absolute Gasteiger partial charge is 0.489 e. The lowest BCUT2D eigenvalue weighted by Gasteiger charge is -2.15. The van der Waals surface area contributed by atoms with Gasteiger partial charge in [-0.25, -0.2) is 0 Å². The zero-order chi connectivity index (χ0) is 23.6. The molecule has 6 nitrogen and oxygen atoms in total. The van der Waals surface area contributed by atoms with Crippen LogP contribution in [0.4, 0.5) is 11.4 Å². The zero-order valence-electron chi connectivity index (χ0n) is 18.9. The number of hydrogen-bond donors (Lipinski definition) is 3. The van der Waals surface area contributed by atoms with E-state index in [0.717, 1.165) is 22.6 Å². The molecule has 0 radical (unpaired) electrons. The van der Waals surface area contributed by atoms with Crippen molar-refractivity contribution in [2.45, 2.75) is 19.9 Å². The summed E-state index contributed by atoms with van der Waals surface area (Å²) in [5.74, 6) is 0.326. The standard InChI is InChI=1S/C27H29N3O3/c1-19(2)18-33-25-14-12-23(13-15-25)28-17-26(31)30-24-11-7-10-22(16-24)27(32)29-20(3)21-8-5-4-6-9-21/h4-16,20,28H,1,17-18H2,2-3H3,(H,29,32)(H,30,31). The van der Waals surface area contributed by atoms with Gasteiger partial charge in [-0.2, -0.15) is 0 Å². The van der Waals surface area contributed by atoms with E-state index in [2.05, 4.69) is 22.5 Å². The van der Waals surface area contributed by atoms with Crippen LogP contribution < -0.4 is 20.7 Å². The van der Waals surface area contributed by atoms with Gasteiger partial charge in [0, 0.05) is 16.9 Å². The Hall–Kier alpha value is -4.06. The molecule has 3 aromatic carbocycles. The molecule has 0 spiro atoms. The van der Waals surface area contributed by atoms with Crippen molar-refractivity contribution in [3.05, 3.63) is 102 Å². The summed E-state index contributed by atoms with van der Waals surface area (Å²) in [7, 11) is 0. The Bertz CT molecular complexity index is 1100. The first-order valence-corrected chi connectivity index (χ1v) is 10.8. The topological polar surface area (TPSA) is 79.5 Å². The summed E-state index contributed by atoms with van der Waals surface area (Å²) in [6, 6.07) is 23.9. The average Bonchev–Trinajstić information content (AvgIpc) is 2.82. The maximum absolute atomic E-state index is 12.6. The van der Waals surface area contributed by atoms with E-state index < -0.39 is 0 Å². The SMILES string of the molecule is C=C(C)COc1ccc(NCC(=O)Nc2cccc(C(=O)NC(C)c3ccccc3)c2)cc1. The third-order valence-corrected chi connectivity index (χ3v) is 4.85. The molecule has 0 heterocycles. The Kier molecular flexibility index (Phi) is 8.24. The predicted octanol–water partition coefficient (Wildman–Crippen LogP) is 5.18. The predicted molar refractivity (Wildman–Crippen MR) is 133 cm³/mol. The quantitative estimate of drug-likeness (QED) is 0.377. The Morgan fingerprint density at radius 1 is 0.939 bits per heavy atom. The fourth-order valence-corrected chi connectivity index (χ4v) is 3.11. The number of ether oxygens (including phenoxy) is 1. The molecule has 0 aromatic heterocycles. The molecular weight excluding hydrogens is 414 g/mol. The van der Waals surface area contributed by atoms with Crippen molar-refractivity contribution in [1.29, 1.82) is 0 Å². The molecule has 2 amide bonds. The number of benzene rings is 3. The van der Waals surface area contributed by atoms with E-state index in [1.807, 2.05) is 68.4 Å². The van der Waals surface area contributed by atoms with Crippen molar-refractivity contribution in [2.75, 3.05) is 23.8 Å². The molecule has 6 heteroatoms. The van der Waals surface area contributed by atoms with Crippen LogP contribution in [0, 0.1) is 0 Å². The van der Waals surface area contributed by atoms with Gasteiger partial charge in [0.25, 0.3) is 5.91 Å². The number of carbonyl (C=O) groups excluding carboxylic acids is 2. The second-order valence-corrected chi connectivity index (χ2v) is 7.86. The second kappa shape index (κ2) is 11.5. The molecule has 0 aliphatic rings. The summed E-state index contributed by atoms with van der Waals surface area (Å²) in [6.07, 6.45) is 0. The van der Waals surface area contributed by atoms with Gasteiger partial charge >= 0.3 is 0 Å². The van der Waals surface area contributed by atoms with Crippen LogP contribution in [0.2, 0.25) is 0 Å².